The molecular weight excluding hydrogens is 386 g/mol. The number of allylic oxidation sites excluding steroid dienone is 1. The van der Waals surface area contributed by atoms with Gasteiger partial charge in [0, 0.05) is 18.1 Å². The smallest absolute Gasteiger partial charge is 0.358 e. The average Bonchev–Trinajstić information content (AvgIpc) is 3.20. The third-order valence-electron chi connectivity index (χ3n) is 5.06. The number of carbonyl (C=O) groups is 3. The number of nitrogens with zero attached hydrogens (tertiary/aromatic N) is 1. The number of aliphatic hydroxyl groups is 1. The molecule has 3 heterocycles. The average molecular weight is 413 g/mol. The van der Waals surface area contributed by atoms with Crippen molar-refractivity contribution < 1.29 is 33.7 Å². The number of β-lactam (4-membered cyclic amide) rings is 1. The van der Waals surface area contributed by atoms with Gasteiger partial charge in [-0.3, -0.25) is 14.5 Å². The second kappa shape index (κ2) is 8.04. The zero-order valence-corrected chi connectivity index (χ0v) is 17.4. The van der Waals surface area contributed by atoms with Crippen molar-refractivity contribution in [3.05, 3.63) is 10.6 Å². The van der Waals surface area contributed by atoms with Crippen LogP contribution < -0.4 is 0 Å². The van der Waals surface area contributed by atoms with Crippen LogP contribution in [0.2, 0.25) is 0 Å². The number of fused-ring (bicyclic) bond motifs is 1. The lowest BCUT2D eigenvalue weighted by atomic mass is 9.92. The second-order valence-electron chi connectivity index (χ2n) is 8.42. The van der Waals surface area contributed by atoms with Crippen LogP contribution in [0.4, 0.5) is 0 Å². The van der Waals surface area contributed by atoms with Gasteiger partial charge in [0.1, 0.15) is 11.1 Å². The van der Waals surface area contributed by atoms with Crippen molar-refractivity contribution in [1.29, 1.82) is 0 Å². The predicted octanol–water partition coefficient (Wildman–Crippen LogP) is 1.63. The Hall–Kier alpha value is -1.58. The van der Waals surface area contributed by atoms with Gasteiger partial charge < -0.3 is 19.3 Å². The van der Waals surface area contributed by atoms with Crippen molar-refractivity contribution >= 4 is 29.6 Å². The fraction of sp³-hybridized carbons (Fsp3) is 0.737. The lowest BCUT2D eigenvalue weighted by molar-refractivity contribution is -0.174. The van der Waals surface area contributed by atoms with Crippen molar-refractivity contribution in [1.82, 2.24) is 4.90 Å². The molecule has 3 aliphatic rings. The zero-order chi connectivity index (χ0) is 20.6. The molecule has 1 N–H and O–H groups in total. The van der Waals surface area contributed by atoms with Crippen molar-refractivity contribution in [3.63, 3.8) is 0 Å². The number of ether oxygens (including phenoxy) is 3. The van der Waals surface area contributed by atoms with Crippen molar-refractivity contribution in [2.75, 3.05) is 20.0 Å². The van der Waals surface area contributed by atoms with Gasteiger partial charge in [0.05, 0.1) is 17.4 Å². The minimum absolute atomic E-state index is 0.204. The number of rotatable bonds is 6. The van der Waals surface area contributed by atoms with Gasteiger partial charge in [0.25, 0.3) is 0 Å². The summed E-state index contributed by atoms with van der Waals surface area (Å²) < 4.78 is 15.5. The Morgan fingerprint density at radius 1 is 1.36 bits per heavy atom. The quantitative estimate of drug-likeness (QED) is 0.398. The van der Waals surface area contributed by atoms with Crippen LogP contribution in [0.15, 0.2) is 10.6 Å². The Bertz CT molecular complexity index is 691. The molecule has 3 rings (SSSR count). The Morgan fingerprint density at radius 3 is 2.64 bits per heavy atom. The number of esters is 2. The maximum atomic E-state index is 12.7. The molecule has 2 saturated heterocycles. The molecule has 4 atom stereocenters. The first-order valence-electron chi connectivity index (χ1n) is 9.44. The SMILES string of the molecule is C[C@@H](O)[C@H]1C(=O)N2C(C(=O)OCOC(=O)C(C)(C)C)=C(CC3CCOC3)S[C@H]12. The molecule has 28 heavy (non-hydrogen) atoms. The van der Waals surface area contributed by atoms with Crippen LogP contribution in [0.5, 0.6) is 0 Å². The topological polar surface area (TPSA) is 102 Å². The molecule has 0 aromatic carbocycles. The molecule has 1 amide bonds. The van der Waals surface area contributed by atoms with Crippen molar-refractivity contribution in [3.8, 4) is 0 Å². The van der Waals surface area contributed by atoms with Gasteiger partial charge in [-0.15, -0.1) is 11.8 Å². The van der Waals surface area contributed by atoms with Crippen molar-refractivity contribution in [2.45, 2.75) is 52.0 Å². The summed E-state index contributed by atoms with van der Waals surface area (Å²) >= 11 is 1.43. The lowest BCUT2D eigenvalue weighted by Crippen LogP contribution is -2.60. The highest BCUT2D eigenvalue weighted by Gasteiger charge is 2.57. The summed E-state index contributed by atoms with van der Waals surface area (Å²) in [6.07, 6.45) is 0.720. The second-order valence-corrected chi connectivity index (χ2v) is 9.63. The lowest BCUT2D eigenvalue weighted by Gasteiger charge is -2.43. The van der Waals surface area contributed by atoms with Crippen LogP contribution in [-0.2, 0) is 28.6 Å². The number of amides is 1. The van der Waals surface area contributed by atoms with Crippen LogP contribution >= 0.6 is 11.8 Å². The molecule has 2 fully saturated rings. The van der Waals surface area contributed by atoms with E-state index in [2.05, 4.69) is 0 Å². The van der Waals surface area contributed by atoms with Gasteiger partial charge in [-0.1, -0.05) is 0 Å². The van der Waals surface area contributed by atoms with Gasteiger partial charge in [-0.2, -0.15) is 0 Å². The third kappa shape index (κ3) is 4.06. The Balaban J connectivity index is 1.70. The van der Waals surface area contributed by atoms with Crippen LogP contribution in [-0.4, -0.2) is 59.3 Å². The van der Waals surface area contributed by atoms with Gasteiger partial charge in [-0.25, -0.2) is 4.79 Å². The van der Waals surface area contributed by atoms with E-state index < -0.39 is 36.2 Å². The fourth-order valence-corrected chi connectivity index (χ4v) is 5.14. The van der Waals surface area contributed by atoms with E-state index in [0.29, 0.717) is 19.6 Å². The Labute approximate surface area is 168 Å². The van der Waals surface area contributed by atoms with E-state index in [1.165, 1.54) is 16.7 Å². The zero-order valence-electron chi connectivity index (χ0n) is 16.6. The fourth-order valence-electron chi connectivity index (χ4n) is 3.42. The first-order chi connectivity index (χ1) is 13.1. The first-order valence-corrected chi connectivity index (χ1v) is 10.3. The van der Waals surface area contributed by atoms with E-state index in [9.17, 15) is 19.5 Å². The Kier molecular flexibility index (Phi) is 6.07. The maximum Gasteiger partial charge on any atom is 0.358 e. The van der Waals surface area contributed by atoms with Gasteiger partial charge >= 0.3 is 11.9 Å². The number of hydrogen-bond acceptors (Lipinski definition) is 8. The molecule has 0 bridgehead atoms. The minimum atomic E-state index is -0.791. The highest BCUT2D eigenvalue weighted by atomic mass is 32.2. The number of hydrogen-bond donors (Lipinski definition) is 1. The molecule has 0 aromatic heterocycles. The van der Waals surface area contributed by atoms with Crippen LogP contribution in [0.3, 0.4) is 0 Å². The summed E-state index contributed by atoms with van der Waals surface area (Å²) in [5.41, 5.74) is -0.499. The van der Waals surface area contributed by atoms with E-state index in [1.54, 1.807) is 27.7 Å². The number of carbonyl (C=O) groups excluding carboxylic acids is 3. The van der Waals surface area contributed by atoms with Gasteiger partial charge in [-0.05, 0) is 46.5 Å². The van der Waals surface area contributed by atoms with Crippen molar-refractivity contribution in [2.24, 2.45) is 17.3 Å². The molecular formula is C19H27NO7S. The minimum Gasteiger partial charge on any atom is -0.427 e. The van der Waals surface area contributed by atoms with E-state index in [1.807, 2.05) is 0 Å². The largest absolute Gasteiger partial charge is 0.427 e. The normalized spacial score (nSPS) is 28.1. The molecule has 0 aromatic rings. The van der Waals surface area contributed by atoms with Crippen LogP contribution in [0, 0.1) is 17.3 Å². The molecule has 0 aliphatic carbocycles. The van der Waals surface area contributed by atoms with E-state index in [0.717, 1.165) is 11.3 Å². The van der Waals surface area contributed by atoms with E-state index >= 15 is 0 Å². The highest BCUT2D eigenvalue weighted by molar-refractivity contribution is 8.04. The van der Waals surface area contributed by atoms with Gasteiger partial charge in [0.15, 0.2) is 0 Å². The first kappa shape index (κ1) is 21.1. The molecule has 3 aliphatic heterocycles. The third-order valence-corrected chi connectivity index (χ3v) is 6.45. The maximum absolute atomic E-state index is 12.7. The summed E-state index contributed by atoms with van der Waals surface area (Å²) in [7, 11) is 0. The summed E-state index contributed by atoms with van der Waals surface area (Å²) in [4.78, 5) is 39.2. The molecule has 9 heteroatoms. The molecule has 0 radical (unpaired) electrons. The summed E-state index contributed by atoms with van der Waals surface area (Å²) in [5.74, 6) is -1.72. The summed E-state index contributed by atoms with van der Waals surface area (Å²) in [6.45, 7) is 7.49. The molecule has 156 valence electrons. The summed E-state index contributed by atoms with van der Waals surface area (Å²) in [5, 5.41) is 9.59. The Morgan fingerprint density at radius 2 is 2.07 bits per heavy atom. The molecule has 0 spiro atoms. The predicted molar refractivity (Wildman–Crippen MR) is 100 cm³/mol. The molecule has 0 saturated carbocycles. The van der Waals surface area contributed by atoms with Gasteiger partial charge in [0.2, 0.25) is 12.7 Å². The standard InChI is InChI=1S/C19H27NO7S/c1-10(21)13-15(22)20-14(17(23)26-9-27-18(24)19(2,3)4)12(28-16(13)20)7-11-5-6-25-8-11/h10-11,13,16,21H,5-9H2,1-4H3/t10-,11?,13+,16-/m1/s1. The molecule has 8 nitrogen and oxygen atoms in total. The monoisotopic (exact) mass is 413 g/mol. The van der Waals surface area contributed by atoms with Crippen LogP contribution in [0.1, 0.15) is 40.5 Å². The van der Waals surface area contributed by atoms with E-state index in [-0.39, 0.29) is 22.9 Å². The number of thioether (sulfide) groups is 1. The summed E-state index contributed by atoms with van der Waals surface area (Å²) in [6, 6.07) is 0. The molecule has 1 unspecified atom stereocenters. The number of aliphatic hydroxyl groups excluding tert-OH is 1. The highest BCUT2D eigenvalue weighted by Crippen LogP contribution is 2.52. The van der Waals surface area contributed by atoms with E-state index in [4.69, 9.17) is 14.2 Å². The van der Waals surface area contributed by atoms with Crippen LogP contribution in [0.25, 0.3) is 0 Å².